The van der Waals surface area contributed by atoms with E-state index in [1.807, 2.05) is 0 Å². The molecule has 0 aromatic rings. The van der Waals surface area contributed by atoms with Gasteiger partial charge >= 0.3 is 23.9 Å². The minimum atomic E-state index is -1.90. The third-order valence-electron chi connectivity index (χ3n) is 16.8. The van der Waals surface area contributed by atoms with Crippen molar-refractivity contribution in [2.45, 2.75) is 404 Å². The summed E-state index contributed by atoms with van der Waals surface area (Å²) in [5.74, 6) is -3.06. The Bertz CT molecular complexity index is 1490. The molecule has 0 radical (unpaired) electrons. The summed E-state index contributed by atoms with van der Waals surface area (Å²) in [6, 6.07) is 0. The lowest BCUT2D eigenvalue weighted by atomic mass is 9.98. The number of ether oxygens (including phenoxy) is 5. The number of aliphatic hydroxyl groups is 2. The average Bonchev–Trinajstić information content (AvgIpc) is 3.55. The molecule has 0 amide bonds. The zero-order chi connectivity index (χ0) is 60.3. The van der Waals surface area contributed by atoms with Gasteiger partial charge in [0.15, 0.2) is 24.6 Å². The maximum Gasteiger partial charge on any atom is 0.335 e. The first-order chi connectivity index (χ1) is 40.6. The van der Waals surface area contributed by atoms with E-state index >= 15 is 0 Å². The lowest BCUT2D eigenvalue weighted by Crippen LogP contribution is -2.61. The van der Waals surface area contributed by atoms with Crippen molar-refractivity contribution in [1.29, 1.82) is 0 Å². The summed E-state index contributed by atoms with van der Waals surface area (Å²) in [5.41, 5.74) is 0. The second-order valence-corrected chi connectivity index (χ2v) is 24.9. The van der Waals surface area contributed by atoms with Gasteiger partial charge in [-0.25, -0.2) is 4.79 Å². The molecule has 6 atom stereocenters. The van der Waals surface area contributed by atoms with Gasteiger partial charge in [-0.05, 0) is 44.9 Å². The summed E-state index contributed by atoms with van der Waals surface area (Å²) in [6.07, 6.45) is 57.3. The molecule has 83 heavy (non-hydrogen) atoms. The number of aliphatic carboxylic acids is 1. The summed E-state index contributed by atoms with van der Waals surface area (Å²) < 4.78 is 28.7. The largest absolute Gasteiger partial charge is 0.479 e. The highest BCUT2D eigenvalue weighted by molar-refractivity contribution is 5.74. The normalized spacial score (nSPS) is 17.5. The number of carboxylic acid groups (broad SMARTS) is 1. The Morgan fingerprint density at radius 3 is 1.02 bits per heavy atom. The number of carbonyl (C=O) groups is 4. The van der Waals surface area contributed by atoms with Crippen molar-refractivity contribution >= 4 is 23.9 Å². The van der Waals surface area contributed by atoms with Crippen LogP contribution in [-0.4, -0.2) is 89.2 Å². The lowest BCUT2D eigenvalue weighted by molar-refractivity contribution is -0.301. The van der Waals surface area contributed by atoms with E-state index in [1.165, 1.54) is 238 Å². The quantitative estimate of drug-likeness (QED) is 0.0228. The van der Waals surface area contributed by atoms with Crippen LogP contribution in [0.15, 0.2) is 12.2 Å². The van der Waals surface area contributed by atoms with E-state index in [4.69, 9.17) is 23.7 Å². The van der Waals surface area contributed by atoms with Gasteiger partial charge in [0, 0.05) is 19.3 Å². The lowest BCUT2D eigenvalue weighted by Gasteiger charge is -2.40. The predicted octanol–water partition coefficient (Wildman–Crippen LogP) is 19.6. The summed E-state index contributed by atoms with van der Waals surface area (Å²) in [5, 5.41) is 31.7. The van der Waals surface area contributed by atoms with Gasteiger partial charge in [0.2, 0.25) is 0 Å². The molecule has 0 saturated carbocycles. The van der Waals surface area contributed by atoms with Gasteiger partial charge in [-0.3, -0.25) is 14.4 Å². The molecule has 0 aliphatic carbocycles. The molecule has 1 saturated heterocycles. The van der Waals surface area contributed by atoms with Crippen molar-refractivity contribution in [3.8, 4) is 0 Å². The third kappa shape index (κ3) is 49.2. The first-order valence-electron chi connectivity index (χ1n) is 35.7. The molecule has 0 aromatic carbocycles. The highest BCUT2D eigenvalue weighted by Gasteiger charge is 2.50. The number of hydrogen-bond donors (Lipinski definition) is 3. The van der Waals surface area contributed by atoms with Gasteiger partial charge in [-0.2, -0.15) is 0 Å². The standard InChI is InChI=1S/C71H132O12/c1-4-7-10-13-16-19-22-25-28-31-32-35-38-41-44-47-50-53-56-59-65(74)82-69-67(76)66(75)68(70(77)78)83-71(69)80-61-62(81-64(73)58-55-52-49-46-43-40-37-34-30-27-24-21-18-15-12-9-6-3)60-79-63(72)57-54-51-48-45-42-39-36-33-29-26-23-20-17-14-11-8-5-2/h25,28,62,66-69,71,75-76H,4-24,26-27,29-61H2,1-3H3,(H,77,78)/b28-25-. The SMILES string of the molecule is CCCCCCCC/C=C\CCCCCCCCCCCC(=O)OC1C(OCC(COC(=O)CCCCCCCCCCCCCCCCCCC)OC(=O)CCCCCCCCCCCCCCCCCCC)OC(C(=O)O)C(O)C1O. The summed E-state index contributed by atoms with van der Waals surface area (Å²) in [6.45, 7) is 6.08. The topological polar surface area (TPSA) is 175 Å². The number of rotatable bonds is 63. The van der Waals surface area contributed by atoms with Crippen LogP contribution >= 0.6 is 0 Å². The molecular formula is C71H132O12. The van der Waals surface area contributed by atoms with Crippen LogP contribution in [-0.2, 0) is 42.9 Å². The minimum absolute atomic E-state index is 0.0653. The monoisotopic (exact) mass is 1180 g/mol. The summed E-state index contributed by atoms with van der Waals surface area (Å²) >= 11 is 0. The minimum Gasteiger partial charge on any atom is -0.479 e. The van der Waals surface area contributed by atoms with Crippen LogP contribution in [0.1, 0.15) is 367 Å². The van der Waals surface area contributed by atoms with E-state index in [9.17, 15) is 34.5 Å². The number of allylic oxidation sites excluding steroid dienone is 2. The second kappa shape index (κ2) is 59.8. The Morgan fingerprint density at radius 2 is 0.687 bits per heavy atom. The van der Waals surface area contributed by atoms with Crippen LogP contribution in [0, 0.1) is 0 Å². The molecule has 1 aliphatic heterocycles. The zero-order valence-corrected chi connectivity index (χ0v) is 54.2. The molecule has 3 N–H and O–H groups in total. The van der Waals surface area contributed by atoms with Crippen molar-refractivity contribution in [3.63, 3.8) is 0 Å². The highest BCUT2D eigenvalue weighted by Crippen LogP contribution is 2.27. The fraction of sp³-hybridized carbons (Fsp3) is 0.915. The number of esters is 3. The predicted molar refractivity (Wildman–Crippen MR) is 340 cm³/mol. The fourth-order valence-corrected chi connectivity index (χ4v) is 11.4. The van der Waals surface area contributed by atoms with Crippen LogP contribution in [0.4, 0.5) is 0 Å². The smallest absolute Gasteiger partial charge is 0.335 e. The van der Waals surface area contributed by atoms with Gasteiger partial charge in [0.05, 0.1) is 6.61 Å². The maximum absolute atomic E-state index is 13.2. The summed E-state index contributed by atoms with van der Waals surface area (Å²) in [4.78, 5) is 51.5. The number of carbonyl (C=O) groups excluding carboxylic acids is 3. The molecule has 1 heterocycles. The number of unbranched alkanes of at least 4 members (excludes halogenated alkanes) is 47. The fourth-order valence-electron chi connectivity index (χ4n) is 11.4. The highest BCUT2D eigenvalue weighted by atomic mass is 16.7. The molecule has 0 aromatic heterocycles. The molecule has 0 bridgehead atoms. The summed E-state index contributed by atoms with van der Waals surface area (Å²) in [7, 11) is 0. The second-order valence-electron chi connectivity index (χ2n) is 24.9. The molecule has 488 valence electrons. The van der Waals surface area contributed by atoms with E-state index in [0.717, 1.165) is 70.6 Å². The van der Waals surface area contributed by atoms with Crippen molar-refractivity contribution in [1.82, 2.24) is 0 Å². The van der Waals surface area contributed by atoms with E-state index in [-0.39, 0.29) is 25.9 Å². The van der Waals surface area contributed by atoms with Crippen LogP contribution in [0.2, 0.25) is 0 Å². The van der Waals surface area contributed by atoms with Crippen LogP contribution in [0.5, 0.6) is 0 Å². The molecule has 1 rings (SSSR count). The molecule has 12 nitrogen and oxygen atoms in total. The Labute approximate surface area is 509 Å². The van der Waals surface area contributed by atoms with Crippen molar-refractivity contribution < 1.29 is 58.2 Å². The van der Waals surface area contributed by atoms with Gasteiger partial charge < -0.3 is 39.0 Å². The third-order valence-corrected chi connectivity index (χ3v) is 16.8. The molecule has 1 aliphatic rings. The van der Waals surface area contributed by atoms with Crippen molar-refractivity contribution in [2.75, 3.05) is 13.2 Å². The number of aliphatic hydroxyl groups excluding tert-OH is 2. The van der Waals surface area contributed by atoms with Gasteiger partial charge in [0.25, 0.3) is 0 Å². The number of carboxylic acids is 1. The van der Waals surface area contributed by atoms with E-state index in [0.29, 0.717) is 19.3 Å². The first kappa shape index (κ1) is 78.5. The van der Waals surface area contributed by atoms with Crippen molar-refractivity contribution in [2.24, 2.45) is 0 Å². The molecule has 6 unspecified atom stereocenters. The zero-order valence-electron chi connectivity index (χ0n) is 54.2. The van der Waals surface area contributed by atoms with E-state index in [1.54, 1.807) is 0 Å². The molecule has 12 heteroatoms. The van der Waals surface area contributed by atoms with Gasteiger partial charge in [-0.1, -0.05) is 315 Å². The maximum atomic E-state index is 13.2. The first-order valence-corrected chi connectivity index (χ1v) is 35.7. The molecule has 0 spiro atoms. The van der Waals surface area contributed by atoms with Crippen molar-refractivity contribution in [3.05, 3.63) is 12.2 Å². The average molecular weight is 1180 g/mol. The Morgan fingerprint density at radius 1 is 0.386 bits per heavy atom. The van der Waals surface area contributed by atoms with Gasteiger partial charge in [-0.15, -0.1) is 0 Å². The Kier molecular flexibility index (Phi) is 56.5. The number of hydrogen-bond acceptors (Lipinski definition) is 11. The van der Waals surface area contributed by atoms with Gasteiger partial charge in [0.1, 0.15) is 18.8 Å². The Balaban J connectivity index is 2.60. The molecule has 1 fully saturated rings. The molecular weight excluding hydrogens is 1040 g/mol. The van der Waals surface area contributed by atoms with Crippen LogP contribution in [0.25, 0.3) is 0 Å². The van der Waals surface area contributed by atoms with Crippen LogP contribution in [0.3, 0.4) is 0 Å². The van der Waals surface area contributed by atoms with E-state index in [2.05, 4.69) is 32.9 Å². The Hall–Kier alpha value is -2.54. The van der Waals surface area contributed by atoms with Crippen LogP contribution < -0.4 is 0 Å². The van der Waals surface area contributed by atoms with E-state index < -0.39 is 67.3 Å².